The fourth-order valence-electron chi connectivity index (χ4n) is 4.22. The van der Waals surface area contributed by atoms with Gasteiger partial charge in [-0.1, -0.05) is 12.8 Å². The van der Waals surface area contributed by atoms with Crippen LogP contribution in [0.25, 0.3) is 21.8 Å². The molecule has 156 valence electrons. The average Bonchev–Trinajstić information content (AvgIpc) is 3.37. The number of fused-ring (bicyclic) bond motifs is 3. The molecule has 3 aromatic rings. The molecule has 29 heavy (non-hydrogen) atoms. The number of nitrogens with zero attached hydrogens (tertiary/aromatic N) is 2. The van der Waals surface area contributed by atoms with Crippen molar-refractivity contribution in [1.29, 1.82) is 0 Å². The summed E-state index contributed by atoms with van der Waals surface area (Å²) in [7, 11) is 5.76. The summed E-state index contributed by atoms with van der Waals surface area (Å²) >= 11 is 0. The van der Waals surface area contributed by atoms with Crippen LogP contribution in [0.3, 0.4) is 0 Å². The molecule has 0 radical (unpaired) electrons. The molecule has 4 rings (SSSR count). The van der Waals surface area contributed by atoms with E-state index >= 15 is 0 Å². The first-order valence-corrected chi connectivity index (χ1v) is 10.5. The molecule has 6 nitrogen and oxygen atoms in total. The third-order valence-corrected chi connectivity index (χ3v) is 5.73. The van der Waals surface area contributed by atoms with Crippen LogP contribution in [0, 0.1) is 0 Å². The van der Waals surface area contributed by atoms with E-state index in [1.54, 1.807) is 7.11 Å². The zero-order valence-corrected chi connectivity index (χ0v) is 17.7. The SMILES string of the molecule is COc1cc2c(cc1OCCOCCN(C)C)[nH]c1ccnc(C3CCCC3)c12. The Morgan fingerprint density at radius 2 is 1.90 bits per heavy atom. The number of nitrogens with one attached hydrogen (secondary N) is 1. The normalized spacial score (nSPS) is 15.0. The number of benzene rings is 1. The molecule has 2 aromatic heterocycles. The first kappa shape index (κ1) is 20.0. The maximum atomic E-state index is 5.97. The summed E-state index contributed by atoms with van der Waals surface area (Å²) in [5.41, 5.74) is 3.40. The Morgan fingerprint density at radius 3 is 2.66 bits per heavy atom. The van der Waals surface area contributed by atoms with Crippen molar-refractivity contribution >= 4 is 21.8 Å². The number of pyridine rings is 1. The number of aromatic nitrogens is 2. The number of rotatable bonds is 9. The van der Waals surface area contributed by atoms with Gasteiger partial charge in [-0.15, -0.1) is 0 Å². The van der Waals surface area contributed by atoms with Crippen LogP contribution in [0.15, 0.2) is 24.4 Å². The lowest BCUT2D eigenvalue weighted by Gasteiger charge is -2.13. The van der Waals surface area contributed by atoms with Gasteiger partial charge in [0.2, 0.25) is 0 Å². The lowest BCUT2D eigenvalue weighted by Crippen LogP contribution is -2.19. The highest BCUT2D eigenvalue weighted by atomic mass is 16.5. The molecule has 1 N–H and O–H groups in total. The van der Waals surface area contributed by atoms with E-state index in [-0.39, 0.29) is 0 Å². The van der Waals surface area contributed by atoms with Gasteiger partial charge in [-0.2, -0.15) is 0 Å². The predicted molar refractivity (Wildman–Crippen MR) is 116 cm³/mol. The Kier molecular flexibility index (Phi) is 6.21. The van der Waals surface area contributed by atoms with E-state index in [4.69, 9.17) is 19.2 Å². The summed E-state index contributed by atoms with van der Waals surface area (Å²) < 4.78 is 17.2. The number of ether oxygens (including phenoxy) is 3. The molecule has 6 heteroatoms. The highest BCUT2D eigenvalue weighted by Crippen LogP contribution is 2.41. The van der Waals surface area contributed by atoms with Gasteiger partial charge in [0.25, 0.3) is 0 Å². The number of H-pyrrole nitrogens is 1. The maximum absolute atomic E-state index is 5.97. The molecule has 2 heterocycles. The molecule has 1 saturated carbocycles. The molecule has 0 unspecified atom stereocenters. The molecule has 0 amide bonds. The zero-order chi connectivity index (χ0) is 20.2. The molecule has 0 spiro atoms. The van der Waals surface area contributed by atoms with Crippen LogP contribution in [0.2, 0.25) is 0 Å². The summed E-state index contributed by atoms with van der Waals surface area (Å²) in [6, 6.07) is 6.17. The first-order chi connectivity index (χ1) is 14.2. The number of likely N-dealkylation sites (N-methyl/N-ethyl adjacent to an activating group) is 1. The Hall–Kier alpha value is -2.31. The molecule has 1 aromatic carbocycles. The van der Waals surface area contributed by atoms with Crippen LogP contribution in [0.5, 0.6) is 11.5 Å². The Morgan fingerprint density at radius 1 is 1.07 bits per heavy atom. The quantitative estimate of drug-likeness (QED) is 0.544. The van der Waals surface area contributed by atoms with Gasteiger partial charge in [-0.05, 0) is 39.1 Å². The van der Waals surface area contributed by atoms with Crippen LogP contribution in [0.4, 0.5) is 0 Å². The van der Waals surface area contributed by atoms with Gasteiger partial charge >= 0.3 is 0 Å². The molecule has 1 aliphatic carbocycles. The number of hydrogen-bond donors (Lipinski definition) is 1. The minimum atomic E-state index is 0.490. The van der Waals surface area contributed by atoms with Gasteiger partial charge in [0.15, 0.2) is 11.5 Å². The van der Waals surface area contributed by atoms with Gasteiger partial charge < -0.3 is 24.1 Å². The third-order valence-electron chi connectivity index (χ3n) is 5.73. The van der Waals surface area contributed by atoms with Crippen molar-refractivity contribution in [2.75, 3.05) is 47.6 Å². The number of hydrogen-bond acceptors (Lipinski definition) is 5. The second-order valence-electron chi connectivity index (χ2n) is 8.04. The van der Waals surface area contributed by atoms with E-state index in [2.05, 4.69) is 22.0 Å². The second kappa shape index (κ2) is 9.01. The first-order valence-electron chi connectivity index (χ1n) is 10.5. The molecule has 0 atom stereocenters. The summed E-state index contributed by atoms with van der Waals surface area (Å²) in [5, 5.41) is 2.38. The Labute approximate surface area is 172 Å². The Bertz CT molecular complexity index is 961. The standard InChI is InChI=1S/C23H31N3O3/c1-26(2)10-11-28-12-13-29-21-15-19-17(14-20(21)27-3)22-18(25-19)8-9-24-23(22)16-6-4-5-7-16/h8-9,14-16,25H,4-7,10-13H2,1-3H3. The monoisotopic (exact) mass is 397 g/mol. The zero-order valence-electron chi connectivity index (χ0n) is 17.7. The number of methoxy groups -OCH3 is 1. The topological polar surface area (TPSA) is 59.6 Å². The lowest BCUT2D eigenvalue weighted by atomic mass is 9.98. The van der Waals surface area contributed by atoms with Gasteiger partial charge in [0, 0.05) is 41.0 Å². The van der Waals surface area contributed by atoms with E-state index in [0.29, 0.717) is 25.7 Å². The van der Waals surface area contributed by atoms with E-state index in [1.165, 1.54) is 36.8 Å². The molecule has 0 bridgehead atoms. The minimum Gasteiger partial charge on any atom is -0.493 e. The van der Waals surface area contributed by atoms with Gasteiger partial charge in [0.1, 0.15) is 6.61 Å². The van der Waals surface area contributed by atoms with Crippen molar-refractivity contribution in [2.24, 2.45) is 0 Å². The molecule has 0 saturated heterocycles. The lowest BCUT2D eigenvalue weighted by molar-refractivity contribution is 0.0881. The molecule has 1 aliphatic rings. The average molecular weight is 398 g/mol. The van der Waals surface area contributed by atoms with E-state index < -0.39 is 0 Å². The summed E-state index contributed by atoms with van der Waals surface area (Å²) in [4.78, 5) is 10.4. The smallest absolute Gasteiger partial charge is 0.163 e. The molecular weight excluding hydrogens is 366 g/mol. The van der Waals surface area contributed by atoms with E-state index in [1.807, 2.05) is 26.4 Å². The second-order valence-corrected chi connectivity index (χ2v) is 8.04. The van der Waals surface area contributed by atoms with Crippen LogP contribution >= 0.6 is 0 Å². The highest BCUT2D eigenvalue weighted by molar-refractivity contribution is 6.09. The van der Waals surface area contributed by atoms with Crippen LogP contribution in [-0.2, 0) is 4.74 Å². The summed E-state index contributed by atoms with van der Waals surface area (Å²) in [5.74, 6) is 2.03. The summed E-state index contributed by atoms with van der Waals surface area (Å²) in [6.07, 6.45) is 6.97. The predicted octanol–water partition coefficient (Wildman–Crippen LogP) is 4.34. The van der Waals surface area contributed by atoms with Crippen molar-refractivity contribution < 1.29 is 14.2 Å². The van der Waals surface area contributed by atoms with Crippen LogP contribution in [0.1, 0.15) is 37.3 Å². The minimum absolute atomic E-state index is 0.490. The molecular formula is C23H31N3O3. The maximum Gasteiger partial charge on any atom is 0.163 e. The van der Waals surface area contributed by atoms with E-state index in [0.717, 1.165) is 34.5 Å². The van der Waals surface area contributed by atoms with Crippen molar-refractivity contribution in [3.05, 3.63) is 30.1 Å². The summed E-state index contributed by atoms with van der Waals surface area (Å²) in [6.45, 7) is 2.65. The largest absolute Gasteiger partial charge is 0.493 e. The van der Waals surface area contributed by atoms with Gasteiger partial charge in [-0.3, -0.25) is 4.98 Å². The van der Waals surface area contributed by atoms with Crippen molar-refractivity contribution in [3.8, 4) is 11.5 Å². The fourth-order valence-corrected chi connectivity index (χ4v) is 4.22. The van der Waals surface area contributed by atoms with Crippen LogP contribution < -0.4 is 9.47 Å². The van der Waals surface area contributed by atoms with Crippen molar-refractivity contribution in [2.45, 2.75) is 31.6 Å². The van der Waals surface area contributed by atoms with Gasteiger partial charge in [-0.25, -0.2) is 0 Å². The number of aromatic amines is 1. The highest BCUT2D eigenvalue weighted by Gasteiger charge is 2.23. The molecule has 1 fully saturated rings. The Balaban J connectivity index is 1.57. The third kappa shape index (κ3) is 4.33. The fraction of sp³-hybridized carbons (Fsp3) is 0.522. The van der Waals surface area contributed by atoms with Gasteiger partial charge in [0.05, 0.1) is 31.5 Å². The van der Waals surface area contributed by atoms with Crippen LogP contribution in [-0.4, -0.2) is 62.4 Å². The molecule has 0 aliphatic heterocycles. The van der Waals surface area contributed by atoms with Crippen molar-refractivity contribution in [1.82, 2.24) is 14.9 Å². The van der Waals surface area contributed by atoms with E-state index in [9.17, 15) is 0 Å². The van der Waals surface area contributed by atoms with Crippen molar-refractivity contribution in [3.63, 3.8) is 0 Å².